The number of rotatable bonds is 3. The SMILES string of the molecule is O=C(C1CCCN(c2ncccn2)C1)N1CCCC(c2nc3ccccc3[nH]2)C1. The molecule has 29 heavy (non-hydrogen) atoms. The minimum atomic E-state index is 0.0157. The Morgan fingerprint density at radius 1 is 1.00 bits per heavy atom. The summed E-state index contributed by atoms with van der Waals surface area (Å²) < 4.78 is 0. The van der Waals surface area contributed by atoms with Gasteiger partial charge in [-0.2, -0.15) is 0 Å². The van der Waals surface area contributed by atoms with E-state index >= 15 is 0 Å². The van der Waals surface area contributed by atoms with Crippen LogP contribution in [-0.4, -0.2) is 56.9 Å². The Kier molecular flexibility index (Phi) is 4.87. The highest BCUT2D eigenvalue weighted by molar-refractivity contribution is 5.80. The molecule has 2 unspecified atom stereocenters. The molecule has 2 saturated heterocycles. The zero-order chi connectivity index (χ0) is 19.6. The molecule has 2 aromatic heterocycles. The highest BCUT2D eigenvalue weighted by Crippen LogP contribution is 2.29. The molecule has 0 bridgehead atoms. The summed E-state index contributed by atoms with van der Waals surface area (Å²) in [5.74, 6) is 2.29. The van der Waals surface area contributed by atoms with Crippen LogP contribution in [0.1, 0.15) is 37.4 Å². The molecule has 150 valence electrons. The van der Waals surface area contributed by atoms with Gasteiger partial charge in [0.1, 0.15) is 5.82 Å². The number of hydrogen-bond acceptors (Lipinski definition) is 5. The third kappa shape index (κ3) is 3.69. The number of amides is 1. The number of para-hydroxylation sites is 2. The van der Waals surface area contributed by atoms with E-state index in [2.05, 4.69) is 30.8 Å². The van der Waals surface area contributed by atoms with Crippen molar-refractivity contribution < 1.29 is 4.79 Å². The van der Waals surface area contributed by atoms with E-state index in [1.807, 2.05) is 24.3 Å². The van der Waals surface area contributed by atoms with Crippen molar-refractivity contribution in [3.05, 3.63) is 48.5 Å². The highest BCUT2D eigenvalue weighted by Gasteiger charge is 2.33. The molecule has 7 heteroatoms. The van der Waals surface area contributed by atoms with Gasteiger partial charge in [-0.3, -0.25) is 4.79 Å². The number of benzene rings is 1. The zero-order valence-corrected chi connectivity index (χ0v) is 16.5. The monoisotopic (exact) mass is 390 g/mol. The van der Waals surface area contributed by atoms with Crippen LogP contribution >= 0.6 is 0 Å². The summed E-state index contributed by atoms with van der Waals surface area (Å²) in [7, 11) is 0. The number of imidazole rings is 1. The van der Waals surface area contributed by atoms with Crippen molar-refractivity contribution in [3.8, 4) is 0 Å². The molecule has 1 aromatic carbocycles. The van der Waals surface area contributed by atoms with Crippen LogP contribution in [0.2, 0.25) is 0 Å². The Labute approximate surface area is 170 Å². The van der Waals surface area contributed by atoms with Crippen LogP contribution in [0.4, 0.5) is 5.95 Å². The van der Waals surface area contributed by atoms with Gasteiger partial charge >= 0.3 is 0 Å². The zero-order valence-electron chi connectivity index (χ0n) is 16.5. The van der Waals surface area contributed by atoms with Crippen molar-refractivity contribution in [1.29, 1.82) is 0 Å². The van der Waals surface area contributed by atoms with Gasteiger partial charge in [-0.25, -0.2) is 15.0 Å². The van der Waals surface area contributed by atoms with Crippen molar-refractivity contribution >= 4 is 22.9 Å². The number of nitrogens with one attached hydrogen (secondary N) is 1. The molecule has 0 saturated carbocycles. The fourth-order valence-corrected chi connectivity index (χ4v) is 4.64. The quantitative estimate of drug-likeness (QED) is 0.744. The van der Waals surface area contributed by atoms with E-state index in [1.165, 1.54) is 0 Å². The molecule has 3 aromatic rings. The van der Waals surface area contributed by atoms with Gasteiger partial charge in [-0.15, -0.1) is 0 Å². The lowest BCUT2D eigenvalue weighted by molar-refractivity contribution is -0.137. The van der Waals surface area contributed by atoms with E-state index in [1.54, 1.807) is 12.4 Å². The van der Waals surface area contributed by atoms with Crippen molar-refractivity contribution in [2.75, 3.05) is 31.1 Å². The maximum atomic E-state index is 13.3. The number of anilines is 1. The second kappa shape index (κ2) is 7.81. The van der Waals surface area contributed by atoms with Gasteiger partial charge in [-0.1, -0.05) is 12.1 Å². The molecule has 1 amide bonds. The van der Waals surface area contributed by atoms with Crippen LogP contribution < -0.4 is 4.90 Å². The summed E-state index contributed by atoms with van der Waals surface area (Å²) in [5, 5.41) is 0. The highest BCUT2D eigenvalue weighted by atomic mass is 16.2. The Morgan fingerprint density at radius 3 is 2.69 bits per heavy atom. The smallest absolute Gasteiger partial charge is 0.227 e. The lowest BCUT2D eigenvalue weighted by Crippen LogP contribution is -2.48. The van der Waals surface area contributed by atoms with Crippen LogP contribution in [0, 0.1) is 5.92 Å². The fourth-order valence-electron chi connectivity index (χ4n) is 4.64. The predicted octanol–water partition coefficient (Wildman–Crippen LogP) is 2.98. The topological polar surface area (TPSA) is 78.0 Å². The van der Waals surface area contributed by atoms with Crippen molar-refractivity contribution in [2.24, 2.45) is 5.92 Å². The standard InChI is InChI=1S/C22H26N6O/c29-21(17-7-4-13-28(15-17)22-23-10-5-11-24-22)27-12-3-6-16(14-27)20-25-18-8-1-2-9-19(18)26-20/h1-2,5,8-11,16-17H,3-4,6-7,12-15H2,(H,25,26). The summed E-state index contributed by atoms with van der Waals surface area (Å²) in [6, 6.07) is 9.94. The lowest BCUT2D eigenvalue weighted by Gasteiger charge is -2.38. The van der Waals surface area contributed by atoms with E-state index in [4.69, 9.17) is 4.98 Å². The normalized spacial score (nSPS) is 22.8. The first-order valence-corrected chi connectivity index (χ1v) is 10.5. The van der Waals surface area contributed by atoms with Gasteiger partial charge in [0, 0.05) is 44.5 Å². The molecule has 0 radical (unpaired) electrons. The Bertz CT molecular complexity index is 954. The lowest BCUT2D eigenvalue weighted by atomic mass is 9.93. The third-order valence-electron chi connectivity index (χ3n) is 6.13. The third-order valence-corrected chi connectivity index (χ3v) is 6.13. The summed E-state index contributed by atoms with van der Waals surface area (Å²) in [4.78, 5) is 34.5. The number of hydrogen-bond donors (Lipinski definition) is 1. The predicted molar refractivity (Wildman–Crippen MR) is 112 cm³/mol. The number of aromatic amines is 1. The maximum absolute atomic E-state index is 13.3. The van der Waals surface area contributed by atoms with Crippen LogP contribution in [-0.2, 0) is 4.79 Å². The van der Waals surface area contributed by atoms with Crippen molar-refractivity contribution in [2.45, 2.75) is 31.6 Å². The van der Waals surface area contributed by atoms with Crippen molar-refractivity contribution in [3.63, 3.8) is 0 Å². The van der Waals surface area contributed by atoms with Crippen LogP contribution in [0.5, 0.6) is 0 Å². The molecule has 0 spiro atoms. The first-order chi connectivity index (χ1) is 14.3. The number of fused-ring (bicyclic) bond motifs is 1. The van der Waals surface area contributed by atoms with Gasteiger partial charge in [0.15, 0.2) is 0 Å². The van der Waals surface area contributed by atoms with Crippen LogP contribution in [0.25, 0.3) is 11.0 Å². The number of piperidine rings is 2. The molecule has 0 aliphatic carbocycles. The number of H-pyrrole nitrogens is 1. The number of likely N-dealkylation sites (tertiary alicyclic amines) is 1. The summed E-state index contributed by atoms with van der Waals surface area (Å²) in [5.41, 5.74) is 2.06. The summed E-state index contributed by atoms with van der Waals surface area (Å²) in [6.07, 6.45) is 7.54. The van der Waals surface area contributed by atoms with Gasteiger partial charge in [-0.05, 0) is 43.9 Å². The Morgan fingerprint density at radius 2 is 1.83 bits per heavy atom. The average Bonchev–Trinajstić information content (AvgIpc) is 3.24. The summed E-state index contributed by atoms with van der Waals surface area (Å²) >= 11 is 0. The number of carbonyl (C=O) groups excluding carboxylic acids is 1. The minimum absolute atomic E-state index is 0.0157. The van der Waals surface area contributed by atoms with E-state index < -0.39 is 0 Å². The fraction of sp³-hybridized carbons (Fsp3) is 0.455. The first-order valence-electron chi connectivity index (χ1n) is 10.5. The van der Waals surface area contributed by atoms with Crippen molar-refractivity contribution in [1.82, 2.24) is 24.8 Å². The number of aromatic nitrogens is 4. The second-order valence-electron chi connectivity index (χ2n) is 8.10. The summed E-state index contributed by atoms with van der Waals surface area (Å²) in [6.45, 7) is 3.20. The van der Waals surface area contributed by atoms with Crippen LogP contribution in [0.15, 0.2) is 42.7 Å². The number of nitrogens with zero attached hydrogens (tertiary/aromatic N) is 5. The molecule has 5 rings (SSSR count). The maximum Gasteiger partial charge on any atom is 0.227 e. The van der Waals surface area contributed by atoms with Gasteiger partial charge in [0.2, 0.25) is 11.9 Å². The largest absolute Gasteiger partial charge is 0.342 e. The second-order valence-corrected chi connectivity index (χ2v) is 8.10. The molecule has 2 aliphatic heterocycles. The van der Waals surface area contributed by atoms with E-state index in [9.17, 15) is 4.79 Å². The average molecular weight is 390 g/mol. The molecule has 2 atom stereocenters. The van der Waals surface area contributed by atoms with E-state index in [0.717, 1.165) is 68.1 Å². The molecular weight excluding hydrogens is 364 g/mol. The first kappa shape index (κ1) is 18.1. The Hall–Kier alpha value is -2.96. The Balaban J connectivity index is 1.28. The van der Waals surface area contributed by atoms with Gasteiger partial charge < -0.3 is 14.8 Å². The minimum Gasteiger partial charge on any atom is -0.342 e. The van der Waals surface area contributed by atoms with Gasteiger partial charge in [0.25, 0.3) is 0 Å². The van der Waals surface area contributed by atoms with Gasteiger partial charge in [0.05, 0.1) is 17.0 Å². The molecule has 2 fully saturated rings. The number of carbonyl (C=O) groups is 1. The molecule has 1 N–H and O–H groups in total. The van der Waals surface area contributed by atoms with E-state index in [-0.39, 0.29) is 17.7 Å². The molecule has 2 aliphatic rings. The molecule has 4 heterocycles. The van der Waals surface area contributed by atoms with E-state index in [0.29, 0.717) is 6.54 Å². The molecular formula is C22H26N6O. The molecule has 7 nitrogen and oxygen atoms in total. The van der Waals surface area contributed by atoms with Crippen LogP contribution in [0.3, 0.4) is 0 Å².